The zero-order chi connectivity index (χ0) is 19.5. The van der Waals surface area contributed by atoms with Gasteiger partial charge in [-0.15, -0.1) is 0 Å². The molecule has 1 N–H and O–H groups in total. The summed E-state index contributed by atoms with van der Waals surface area (Å²) in [7, 11) is 0. The van der Waals surface area contributed by atoms with E-state index in [4.69, 9.17) is 0 Å². The van der Waals surface area contributed by atoms with Crippen LogP contribution in [0.2, 0.25) is 0 Å². The van der Waals surface area contributed by atoms with Gasteiger partial charge in [0.15, 0.2) is 0 Å². The van der Waals surface area contributed by atoms with Gasteiger partial charge in [0, 0.05) is 25.6 Å². The van der Waals surface area contributed by atoms with E-state index < -0.39 is 17.6 Å². The molecule has 1 heterocycles. The fourth-order valence-electron chi connectivity index (χ4n) is 3.07. The summed E-state index contributed by atoms with van der Waals surface area (Å²) in [5.74, 6) is -0.651. The van der Waals surface area contributed by atoms with Gasteiger partial charge in [-0.05, 0) is 30.4 Å². The van der Waals surface area contributed by atoms with Crippen LogP contribution < -0.4 is 5.32 Å². The Balaban J connectivity index is 1.96. The summed E-state index contributed by atoms with van der Waals surface area (Å²) in [6.07, 6.45) is -3.08. The summed E-state index contributed by atoms with van der Waals surface area (Å²) in [4.78, 5) is 26.0. The number of halogens is 3. The van der Waals surface area contributed by atoms with Crippen LogP contribution in [0.3, 0.4) is 0 Å². The third-order valence-electron chi connectivity index (χ3n) is 4.30. The number of alkyl halides is 3. The maximum Gasteiger partial charge on any atom is 0.417 e. The van der Waals surface area contributed by atoms with Crippen LogP contribution in [-0.4, -0.2) is 35.8 Å². The van der Waals surface area contributed by atoms with Gasteiger partial charge < -0.3 is 10.2 Å². The largest absolute Gasteiger partial charge is 0.417 e. The molecule has 0 radical (unpaired) electrons. The molecule has 0 saturated carbocycles. The van der Waals surface area contributed by atoms with E-state index in [1.807, 2.05) is 20.8 Å². The number of hydrogen-bond acceptors (Lipinski definition) is 2. The molecule has 4 nitrogen and oxygen atoms in total. The molecular weight excluding hydrogens is 345 g/mol. The molecule has 1 aromatic carbocycles. The van der Waals surface area contributed by atoms with Crippen molar-refractivity contribution in [2.24, 2.45) is 5.41 Å². The van der Waals surface area contributed by atoms with E-state index in [0.717, 1.165) is 6.07 Å². The lowest BCUT2D eigenvalue weighted by Crippen LogP contribution is -2.47. The van der Waals surface area contributed by atoms with Crippen LogP contribution in [0.4, 0.5) is 13.2 Å². The number of carbonyl (C=O) groups is 2. The Morgan fingerprint density at radius 2 is 1.69 bits per heavy atom. The van der Waals surface area contributed by atoms with Crippen LogP contribution in [0.5, 0.6) is 0 Å². The van der Waals surface area contributed by atoms with Gasteiger partial charge in [-0.2, -0.15) is 13.2 Å². The molecule has 1 aromatic rings. The quantitative estimate of drug-likeness (QED) is 0.878. The van der Waals surface area contributed by atoms with E-state index in [1.165, 1.54) is 23.1 Å². The van der Waals surface area contributed by atoms with Crippen LogP contribution >= 0.6 is 0 Å². The minimum Gasteiger partial charge on any atom is -0.353 e. The van der Waals surface area contributed by atoms with Gasteiger partial charge in [0.25, 0.3) is 5.91 Å². The minimum absolute atomic E-state index is 0.0373. The highest BCUT2D eigenvalue weighted by Crippen LogP contribution is 2.32. The predicted molar refractivity (Wildman–Crippen MR) is 92.6 cm³/mol. The lowest BCUT2D eigenvalue weighted by Gasteiger charge is -2.33. The molecule has 0 aromatic heterocycles. The highest BCUT2D eigenvalue weighted by Gasteiger charge is 2.36. The predicted octanol–water partition coefficient (Wildman–Crippen LogP) is 3.86. The van der Waals surface area contributed by atoms with Crippen LogP contribution in [-0.2, 0) is 11.0 Å². The monoisotopic (exact) mass is 370 g/mol. The number of nitrogens with zero attached hydrogens (tertiary/aromatic N) is 1. The van der Waals surface area contributed by atoms with Crippen LogP contribution in [0.25, 0.3) is 0 Å². The number of likely N-dealkylation sites (tertiary alicyclic amines) is 1. The third-order valence-corrected chi connectivity index (χ3v) is 4.30. The molecule has 2 rings (SSSR count). The molecule has 0 bridgehead atoms. The summed E-state index contributed by atoms with van der Waals surface area (Å²) in [5.41, 5.74) is -1.34. The van der Waals surface area contributed by atoms with E-state index in [-0.39, 0.29) is 22.9 Å². The van der Waals surface area contributed by atoms with E-state index in [0.29, 0.717) is 32.4 Å². The van der Waals surface area contributed by atoms with Crippen LogP contribution in [0.1, 0.15) is 56.0 Å². The molecule has 1 fully saturated rings. The lowest BCUT2D eigenvalue weighted by atomic mass is 9.91. The molecule has 0 unspecified atom stereocenters. The van der Waals surface area contributed by atoms with Crippen molar-refractivity contribution in [3.05, 3.63) is 35.4 Å². The van der Waals surface area contributed by atoms with Crippen molar-refractivity contribution >= 4 is 11.8 Å². The van der Waals surface area contributed by atoms with Gasteiger partial charge in [0.2, 0.25) is 5.91 Å². The van der Waals surface area contributed by atoms with E-state index in [2.05, 4.69) is 5.32 Å². The van der Waals surface area contributed by atoms with Crippen molar-refractivity contribution in [3.63, 3.8) is 0 Å². The summed E-state index contributed by atoms with van der Waals surface area (Å²) in [6.45, 7) is 6.58. The first-order valence-corrected chi connectivity index (χ1v) is 8.72. The zero-order valence-corrected chi connectivity index (χ0v) is 15.3. The van der Waals surface area contributed by atoms with Gasteiger partial charge in [0.05, 0.1) is 11.1 Å². The van der Waals surface area contributed by atoms with Crippen LogP contribution in [0, 0.1) is 5.41 Å². The van der Waals surface area contributed by atoms with Gasteiger partial charge in [-0.3, -0.25) is 9.59 Å². The number of benzene rings is 1. The van der Waals surface area contributed by atoms with E-state index >= 15 is 0 Å². The Morgan fingerprint density at radius 1 is 1.12 bits per heavy atom. The average Bonchev–Trinajstić information content (AvgIpc) is 2.52. The number of hydrogen-bond donors (Lipinski definition) is 1. The number of carbonyl (C=O) groups excluding carboxylic acids is 2. The lowest BCUT2D eigenvalue weighted by molar-refractivity contribution is -0.138. The zero-order valence-electron chi connectivity index (χ0n) is 15.3. The number of amides is 2. The topological polar surface area (TPSA) is 49.4 Å². The Kier molecular flexibility index (Phi) is 5.98. The summed E-state index contributed by atoms with van der Waals surface area (Å²) in [6, 6.07) is 4.79. The van der Waals surface area contributed by atoms with Crippen molar-refractivity contribution < 1.29 is 22.8 Å². The number of piperidine rings is 1. The average molecular weight is 370 g/mol. The van der Waals surface area contributed by atoms with Crippen molar-refractivity contribution in [2.75, 3.05) is 13.1 Å². The molecular formula is C19H25F3N2O2. The molecule has 1 aliphatic rings. The Morgan fingerprint density at radius 3 is 2.23 bits per heavy atom. The smallest absolute Gasteiger partial charge is 0.353 e. The van der Waals surface area contributed by atoms with Gasteiger partial charge in [0.1, 0.15) is 0 Å². The fraction of sp³-hybridized carbons (Fsp3) is 0.579. The molecule has 0 aliphatic carbocycles. The molecule has 0 atom stereocenters. The van der Waals surface area contributed by atoms with Crippen molar-refractivity contribution in [2.45, 2.75) is 52.3 Å². The molecule has 1 aliphatic heterocycles. The maximum absolute atomic E-state index is 13.1. The molecule has 7 heteroatoms. The van der Waals surface area contributed by atoms with Gasteiger partial charge >= 0.3 is 6.18 Å². The molecule has 0 spiro atoms. The summed E-state index contributed by atoms with van der Waals surface area (Å²) in [5, 5.41) is 2.95. The van der Waals surface area contributed by atoms with E-state index in [1.54, 1.807) is 0 Å². The Bertz CT molecular complexity index is 657. The fourth-order valence-corrected chi connectivity index (χ4v) is 3.07. The maximum atomic E-state index is 13.1. The first-order chi connectivity index (χ1) is 12.0. The highest BCUT2D eigenvalue weighted by atomic mass is 19.4. The molecule has 2 amide bonds. The first-order valence-electron chi connectivity index (χ1n) is 8.72. The number of rotatable bonds is 3. The molecule has 1 saturated heterocycles. The van der Waals surface area contributed by atoms with Crippen LogP contribution in [0.15, 0.2) is 24.3 Å². The van der Waals surface area contributed by atoms with Crippen molar-refractivity contribution in [1.82, 2.24) is 10.2 Å². The summed E-state index contributed by atoms with van der Waals surface area (Å²) < 4.78 is 39.3. The van der Waals surface area contributed by atoms with Gasteiger partial charge in [-0.1, -0.05) is 32.9 Å². The third kappa shape index (κ3) is 5.47. The standard InChI is InChI=1S/C19H25F3N2O2/c1-18(2,3)12-16(25)23-13-8-10-24(11-9-13)17(26)14-6-4-5-7-15(14)19(20,21)22/h4-7,13H,8-12H2,1-3H3,(H,23,25). The normalized spacial score (nSPS) is 16.5. The van der Waals surface area contributed by atoms with Crippen molar-refractivity contribution in [1.29, 1.82) is 0 Å². The highest BCUT2D eigenvalue weighted by molar-refractivity contribution is 5.96. The molecule has 26 heavy (non-hydrogen) atoms. The second-order valence-electron chi connectivity index (χ2n) is 7.91. The Labute approximate surface area is 151 Å². The molecule has 144 valence electrons. The van der Waals surface area contributed by atoms with E-state index in [9.17, 15) is 22.8 Å². The first kappa shape index (κ1) is 20.3. The number of nitrogens with one attached hydrogen (secondary N) is 1. The summed E-state index contributed by atoms with van der Waals surface area (Å²) >= 11 is 0. The van der Waals surface area contributed by atoms with Crippen molar-refractivity contribution in [3.8, 4) is 0 Å². The minimum atomic E-state index is -4.56. The second kappa shape index (κ2) is 7.68. The van der Waals surface area contributed by atoms with Gasteiger partial charge in [-0.25, -0.2) is 0 Å². The second-order valence-corrected chi connectivity index (χ2v) is 7.91. The SMILES string of the molecule is CC(C)(C)CC(=O)NC1CCN(C(=O)c2ccccc2C(F)(F)F)CC1. The Hall–Kier alpha value is -2.05.